The van der Waals surface area contributed by atoms with Gasteiger partial charge in [-0.15, -0.1) is 6.42 Å². The Bertz CT molecular complexity index is 109. The van der Waals surface area contributed by atoms with E-state index in [4.69, 9.17) is 19.4 Å². The first-order chi connectivity index (χ1) is 5.33. The fourth-order valence-corrected chi connectivity index (χ4v) is 0.340. The molecule has 0 radical (unpaired) electrons. The first-order valence-corrected chi connectivity index (χ1v) is 7.28. The van der Waals surface area contributed by atoms with Crippen LogP contribution in [0.25, 0.3) is 0 Å². The Morgan fingerprint density at radius 2 is 2.09 bits per heavy atom. The van der Waals surface area contributed by atoms with Gasteiger partial charge in [0.2, 0.25) is 0 Å². The number of allylic oxidation sites excluding steroid dienone is 5. The number of hydrogen-bond acceptors (Lipinski definition) is 0. The fraction of sp³-hybridized carbons (Fsp3) is 0.125. The molecular weight excluding hydrogens is 268 g/mol. The monoisotopic (exact) mass is 278 g/mol. The van der Waals surface area contributed by atoms with E-state index in [2.05, 4.69) is 25.7 Å². The van der Waals surface area contributed by atoms with Crippen molar-refractivity contribution >= 4 is 19.4 Å². The number of hydrogen-bond donors (Lipinski definition) is 0. The van der Waals surface area contributed by atoms with Gasteiger partial charge in [-0.2, -0.15) is 6.08 Å². The van der Waals surface area contributed by atoms with Crippen molar-refractivity contribution < 1.29 is 15.1 Å². The van der Waals surface area contributed by atoms with Gasteiger partial charge in [0.15, 0.2) is 0 Å². The van der Waals surface area contributed by atoms with Crippen molar-refractivity contribution in [3.8, 4) is 0 Å². The topological polar surface area (TPSA) is 0 Å². The first kappa shape index (κ1) is 13.9. The molecule has 0 saturated heterocycles. The van der Waals surface area contributed by atoms with Gasteiger partial charge in [0, 0.05) is 0 Å². The standard InChI is InChI=1S/C5H5.C3H5.2ClH.Ru/c1-2-4-5-3-1;1-3-2;;;/h1-3H,4H2;3H,1-2H2;2*1H;/q2*-1;;;+4/p-2. The molecule has 0 fully saturated rings. The predicted octanol–water partition coefficient (Wildman–Crippen LogP) is 3.69. The van der Waals surface area contributed by atoms with Gasteiger partial charge < -0.3 is 0 Å². The molecule has 0 bridgehead atoms. The van der Waals surface area contributed by atoms with Crippen LogP contribution >= 0.6 is 19.4 Å². The summed E-state index contributed by atoms with van der Waals surface area (Å²) in [6.07, 6.45) is 11.5. The average molecular weight is 278 g/mol. The molecule has 0 aromatic heterocycles. The molecule has 11 heavy (non-hydrogen) atoms. The van der Waals surface area contributed by atoms with Crippen LogP contribution in [0, 0.1) is 13.0 Å². The van der Waals surface area contributed by atoms with Crippen molar-refractivity contribution in [2.45, 2.75) is 6.42 Å². The Kier molecular flexibility index (Phi) is 21.0. The molecule has 0 spiro atoms. The predicted molar refractivity (Wildman–Crippen MR) is 48.8 cm³/mol. The van der Waals surface area contributed by atoms with Gasteiger partial charge in [0.05, 0.1) is 0 Å². The third-order valence-electron chi connectivity index (χ3n) is 0.586. The molecular formula is C8H10Cl2Ru. The van der Waals surface area contributed by atoms with Gasteiger partial charge in [-0.05, 0) is 0 Å². The van der Waals surface area contributed by atoms with E-state index in [1.807, 2.05) is 12.2 Å². The van der Waals surface area contributed by atoms with Gasteiger partial charge in [-0.3, -0.25) is 6.08 Å². The Balaban J connectivity index is 0. The first-order valence-electron chi connectivity index (χ1n) is 2.80. The van der Waals surface area contributed by atoms with Gasteiger partial charge in [0.25, 0.3) is 0 Å². The maximum atomic E-state index is 4.85. The Morgan fingerprint density at radius 1 is 1.64 bits per heavy atom. The summed E-state index contributed by atoms with van der Waals surface area (Å²) in [5, 5.41) is 0. The zero-order valence-electron chi connectivity index (χ0n) is 6.04. The normalized spacial score (nSPS) is 10.7. The van der Waals surface area contributed by atoms with Crippen LogP contribution in [0.5, 0.6) is 0 Å². The molecule has 64 valence electrons. The van der Waals surface area contributed by atoms with E-state index < -0.39 is 0 Å². The molecule has 1 aliphatic rings. The number of rotatable bonds is 0. The molecule has 0 atom stereocenters. The van der Waals surface area contributed by atoms with E-state index in [1.165, 1.54) is 6.08 Å². The minimum atomic E-state index is -0.346. The third-order valence-corrected chi connectivity index (χ3v) is 0.586. The maximum absolute atomic E-state index is 4.85. The Morgan fingerprint density at radius 3 is 2.18 bits per heavy atom. The minimum absolute atomic E-state index is 0.346. The second-order valence-electron chi connectivity index (χ2n) is 1.34. The van der Waals surface area contributed by atoms with Crippen molar-refractivity contribution in [3.63, 3.8) is 0 Å². The third kappa shape index (κ3) is 25.3. The quantitative estimate of drug-likeness (QED) is 0.468. The summed E-state index contributed by atoms with van der Waals surface area (Å²) >= 11 is -0.346. The summed E-state index contributed by atoms with van der Waals surface area (Å²) in [7, 11) is 9.71. The van der Waals surface area contributed by atoms with Crippen molar-refractivity contribution in [3.05, 3.63) is 43.9 Å². The van der Waals surface area contributed by atoms with Crippen molar-refractivity contribution in [2.24, 2.45) is 0 Å². The van der Waals surface area contributed by atoms with E-state index in [0.717, 1.165) is 6.42 Å². The molecule has 0 heterocycles. The van der Waals surface area contributed by atoms with Gasteiger partial charge in [-0.1, -0.05) is 0 Å². The van der Waals surface area contributed by atoms with Crippen molar-refractivity contribution in [1.29, 1.82) is 0 Å². The van der Waals surface area contributed by atoms with Gasteiger partial charge in [0.1, 0.15) is 0 Å². The zero-order valence-corrected chi connectivity index (χ0v) is 9.29. The van der Waals surface area contributed by atoms with E-state index in [-0.39, 0.29) is 15.1 Å². The van der Waals surface area contributed by atoms with E-state index in [0.29, 0.717) is 0 Å². The SMILES string of the molecule is C=C[CH2-].[C-]1=CC=CC1.[Cl][Ru+2][Cl]. The van der Waals surface area contributed by atoms with Crippen LogP contribution in [-0.2, 0) is 15.1 Å². The summed E-state index contributed by atoms with van der Waals surface area (Å²) in [4.78, 5) is 0. The molecule has 0 aliphatic heterocycles. The van der Waals surface area contributed by atoms with Crippen molar-refractivity contribution in [1.82, 2.24) is 0 Å². The van der Waals surface area contributed by atoms with Crippen LogP contribution < -0.4 is 0 Å². The Labute approximate surface area is 84.7 Å². The molecule has 3 heteroatoms. The summed E-state index contributed by atoms with van der Waals surface area (Å²) in [5.74, 6) is 0. The molecule has 0 N–H and O–H groups in total. The molecule has 0 nitrogen and oxygen atoms in total. The second-order valence-corrected chi connectivity index (χ2v) is 3.98. The summed E-state index contributed by atoms with van der Waals surface area (Å²) in [6.45, 7) is 6.50. The zero-order chi connectivity index (χ0) is 8.95. The molecule has 1 rings (SSSR count). The Hall–Kier alpha value is 0.293. The van der Waals surface area contributed by atoms with E-state index in [1.54, 1.807) is 0 Å². The van der Waals surface area contributed by atoms with Crippen LogP contribution in [0.2, 0.25) is 0 Å². The van der Waals surface area contributed by atoms with E-state index >= 15 is 0 Å². The van der Waals surface area contributed by atoms with Gasteiger partial charge >= 0.3 is 34.5 Å². The van der Waals surface area contributed by atoms with Crippen LogP contribution in [-0.4, -0.2) is 0 Å². The molecule has 0 amide bonds. The molecule has 0 saturated carbocycles. The second kappa shape index (κ2) is 16.7. The van der Waals surface area contributed by atoms with Crippen molar-refractivity contribution in [2.75, 3.05) is 0 Å². The molecule has 0 aromatic carbocycles. The molecule has 0 unspecified atom stereocenters. The molecule has 1 aliphatic carbocycles. The summed E-state index contributed by atoms with van der Waals surface area (Å²) in [5.41, 5.74) is 0. The van der Waals surface area contributed by atoms with Crippen LogP contribution in [0.3, 0.4) is 0 Å². The fourth-order valence-electron chi connectivity index (χ4n) is 0.340. The van der Waals surface area contributed by atoms with Gasteiger partial charge in [-0.25, -0.2) is 31.7 Å². The van der Waals surface area contributed by atoms with Crippen LogP contribution in [0.4, 0.5) is 0 Å². The van der Waals surface area contributed by atoms with Crippen LogP contribution in [0.1, 0.15) is 6.42 Å². The van der Waals surface area contributed by atoms with E-state index in [9.17, 15) is 0 Å². The number of halogens is 2. The summed E-state index contributed by atoms with van der Waals surface area (Å²) in [6, 6.07) is 0. The average Bonchev–Trinajstić information content (AvgIpc) is 2.44. The molecule has 0 aromatic rings. The van der Waals surface area contributed by atoms with Crippen LogP contribution in [0.15, 0.2) is 30.9 Å². The summed E-state index contributed by atoms with van der Waals surface area (Å²) < 4.78 is 0.